The first-order chi connectivity index (χ1) is 6.24. The first-order valence-electron chi connectivity index (χ1n) is 3.93. The average Bonchev–Trinajstić information content (AvgIpc) is 2.49. The van der Waals surface area contributed by atoms with Gasteiger partial charge in [-0.25, -0.2) is 4.79 Å². The maximum absolute atomic E-state index is 11.3. The van der Waals surface area contributed by atoms with Crippen LogP contribution >= 0.6 is 0 Å². The van der Waals surface area contributed by atoms with Crippen LogP contribution in [0.5, 0.6) is 5.75 Å². The lowest BCUT2D eigenvalue weighted by atomic mass is 10.1. The van der Waals surface area contributed by atoms with Crippen molar-refractivity contribution in [2.24, 2.45) is 0 Å². The van der Waals surface area contributed by atoms with Gasteiger partial charge in [-0.2, -0.15) is 0 Å². The number of rotatable bonds is 1. The first-order valence-corrected chi connectivity index (χ1v) is 3.93. The standard InChI is InChI=1S/C9H9NO3/c1-5-8(12-2)7-6(3-10-5)4-13-9(7)11/h3H,4H2,1-2H3. The molecule has 0 saturated heterocycles. The zero-order chi connectivity index (χ0) is 9.42. The number of esters is 1. The lowest BCUT2D eigenvalue weighted by Gasteiger charge is -2.05. The molecule has 0 aromatic carbocycles. The minimum Gasteiger partial charge on any atom is -0.494 e. The van der Waals surface area contributed by atoms with Crippen molar-refractivity contribution < 1.29 is 14.3 Å². The molecule has 0 unspecified atom stereocenters. The third-order valence-electron chi connectivity index (χ3n) is 2.06. The topological polar surface area (TPSA) is 48.4 Å². The summed E-state index contributed by atoms with van der Waals surface area (Å²) < 4.78 is 9.96. The number of aromatic nitrogens is 1. The molecule has 4 nitrogen and oxygen atoms in total. The Morgan fingerprint density at radius 2 is 2.38 bits per heavy atom. The summed E-state index contributed by atoms with van der Waals surface area (Å²) in [6, 6.07) is 0. The molecule has 0 spiro atoms. The molecule has 0 N–H and O–H groups in total. The third kappa shape index (κ3) is 1.06. The highest BCUT2D eigenvalue weighted by molar-refractivity contribution is 5.96. The molecule has 1 aliphatic rings. The van der Waals surface area contributed by atoms with E-state index in [1.165, 1.54) is 7.11 Å². The van der Waals surface area contributed by atoms with E-state index in [1.54, 1.807) is 13.1 Å². The van der Waals surface area contributed by atoms with E-state index in [-0.39, 0.29) is 5.97 Å². The van der Waals surface area contributed by atoms with Crippen molar-refractivity contribution in [3.8, 4) is 5.75 Å². The Balaban J connectivity index is 2.67. The van der Waals surface area contributed by atoms with Gasteiger partial charge in [0.25, 0.3) is 0 Å². The summed E-state index contributed by atoms with van der Waals surface area (Å²) in [6.07, 6.45) is 1.65. The molecule has 1 aliphatic heterocycles. The fraction of sp³-hybridized carbons (Fsp3) is 0.333. The molecule has 4 heteroatoms. The lowest BCUT2D eigenvalue weighted by Crippen LogP contribution is -2.01. The van der Waals surface area contributed by atoms with Gasteiger partial charge in [-0.05, 0) is 6.92 Å². The lowest BCUT2D eigenvalue weighted by molar-refractivity contribution is 0.0533. The van der Waals surface area contributed by atoms with E-state index < -0.39 is 0 Å². The van der Waals surface area contributed by atoms with Crippen LogP contribution in [0.3, 0.4) is 0 Å². The second-order valence-corrected chi connectivity index (χ2v) is 2.85. The predicted octanol–water partition coefficient (Wildman–Crippen LogP) is 1.07. The predicted molar refractivity (Wildman–Crippen MR) is 44.6 cm³/mol. The monoisotopic (exact) mass is 179 g/mol. The number of fused-ring (bicyclic) bond motifs is 1. The highest BCUT2D eigenvalue weighted by atomic mass is 16.5. The number of hydrogen-bond donors (Lipinski definition) is 0. The van der Waals surface area contributed by atoms with Crippen molar-refractivity contribution in [1.82, 2.24) is 4.98 Å². The van der Waals surface area contributed by atoms with Gasteiger partial charge < -0.3 is 9.47 Å². The molecule has 0 amide bonds. The number of pyridine rings is 1. The molecule has 2 rings (SSSR count). The van der Waals surface area contributed by atoms with E-state index >= 15 is 0 Å². The number of nitrogens with zero attached hydrogens (tertiary/aromatic N) is 1. The normalized spacial score (nSPS) is 13.8. The molecule has 13 heavy (non-hydrogen) atoms. The molecule has 0 bridgehead atoms. The van der Waals surface area contributed by atoms with Gasteiger partial charge in [0, 0.05) is 11.8 Å². The number of carbonyl (C=O) groups excluding carboxylic acids is 1. The number of hydrogen-bond acceptors (Lipinski definition) is 4. The van der Waals surface area contributed by atoms with Crippen LogP contribution in [0.25, 0.3) is 0 Å². The van der Waals surface area contributed by atoms with Gasteiger partial charge >= 0.3 is 5.97 Å². The third-order valence-corrected chi connectivity index (χ3v) is 2.06. The van der Waals surface area contributed by atoms with E-state index in [1.807, 2.05) is 0 Å². The second kappa shape index (κ2) is 2.73. The fourth-order valence-electron chi connectivity index (χ4n) is 1.42. The van der Waals surface area contributed by atoms with Crippen molar-refractivity contribution in [3.63, 3.8) is 0 Å². The number of ether oxygens (including phenoxy) is 2. The largest absolute Gasteiger partial charge is 0.494 e. The summed E-state index contributed by atoms with van der Waals surface area (Å²) in [4.78, 5) is 15.4. The van der Waals surface area contributed by atoms with E-state index in [0.717, 1.165) is 5.56 Å². The summed E-state index contributed by atoms with van der Waals surface area (Å²) in [5.41, 5.74) is 2.03. The van der Waals surface area contributed by atoms with Crippen LogP contribution in [0.1, 0.15) is 21.6 Å². The summed E-state index contributed by atoms with van der Waals surface area (Å²) in [5.74, 6) is 0.206. The van der Waals surface area contributed by atoms with Gasteiger partial charge in [-0.1, -0.05) is 0 Å². The van der Waals surface area contributed by atoms with E-state index in [0.29, 0.717) is 23.6 Å². The quantitative estimate of drug-likeness (QED) is 0.605. The Labute approximate surface area is 75.5 Å². The molecule has 0 fully saturated rings. The van der Waals surface area contributed by atoms with Gasteiger partial charge in [0.15, 0.2) is 5.75 Å². The smallest absolute Gasteiger partial charge is 0.342 e. The molecule has 2 heterocycles. The highest BCUT2D eigenvalue weighted by Gasteiger charge is 2.27. The minimum atomic E-state index is -0.322. The molecular formula is C9H9NO3. The van der Waals surface area contributed by atoms with Crippen LogP contribution < -0.4 is 4.74 Å². The Kier molecular flexibility index (Phi) is 1.69. The van der Waals surface area contributed by atoms with Crippen molar-refractivity contribution in [1.29, 1.82) is 0 Å². The Hall–Kier alpha value is -1.58. The molecule has 1 aromatic heterocycles. The molecule has 0 atom stereocenters. The van der Waals surface area contributed by atoms with Crippen LogP contribution in [0.2, 0.25) is 0 Å². The molecule has 1 aromatic rings. The van der Waals surface area contributed by atoms with Crippen LogP contribution in [-0.4, -0.2) is 18.1 Å². The number of aryl methyl sites for hydroxylation is 1. The molecule has 0 aliphatic carbocycles. The second-order valence-electron chi connectivity index (χ2n) is 2.85. The van der Waals surface area contributed by atoms with Crippen molar-refractivity contribution >= 4 is 5.97 Å². The number of cyclic esters (lactones) is 1. The van der Waals surface area contributed by atoms with Gasteiger partial charge in [-0.3, -0.25) is 4.98 Å². The van der Waals surface area contributed by atoms with Crippen LogP contribution in [-0.2, 0) is 11.3 Å². The van der Waals surface area contributed by atoms with Crippen molar-refractivity contribution in [3.05, 3.63) is 23.0 Å². The number of methoxy groups -OCH3 is 1. The van der Waals surface area contributed by atoms with E-state index in [9.17, 15) is 4.79 Å². The average molecular weight is 179 g/mol. The van der Waals surface area contributed by atoms with Crippen LogP contribution in [0, 0.1) is 6.92 Å². The van der Waals surface area contributed by atoms with Crippen molar-refractivity contribution in [2.75, 3.05) is 7.11 Å². The Morgan fingerprint density at radius 1 is 1.62 bits per heavy atom. The number of carbonyl (C=O) groups is 1. The van der Waals surface area contributed by atoms with Gasteiger partial charge in [-0.15, -0.1) is 0 Å². The maximum Gasteiger partial charge on any atom is 0.342 e. The van der Waals surface area contributed by atoms with Gasteiger partial charge in [0.05, 0.1) is 12.8 Å². The minimum absolute atomic E-state index is 0.303. The van der Waals surface area contributed by atoms with Crippen molar-refractivity contribution in [2.45, 2.75) is 13.5 Å². The van der Waals surface area contributed by atoms with Gasteiger partial charge in [0.1, 0.15) is 12.2 Å². The summed E-state index contributed by atoms with van der Waals surface area (Å²) in [5, 5.41) is 0. The van der Waals surface area contributed by atoms with Crippen LogP contribution in [0.15, 0.2) is 6.20 Å². The first kappa shape index (κ1) is 8.04. The van der Waals surface area contributed by atoms with E-state index in [2.05, 4.69) is 4.98 Å². The molecule has 0 saturated carbocycles. The molecular weight excluding hydrogens is 170 g/mol. The van der Waals surface area contributed by atoms with Gasteiger partial charge in [0.2, 0.25) is 0 Å². The summed E-state index contributed by atoms with van der Waals surface area (Å²) >= 11 is 0. The molecule has 0 radical (unpaired) electrons. The molecule has 68 valence electrons. The van der Waals surface area contributed by atoms with E-state index in [4.69, 9.17) is 9.47 Å². The fourth-order valence-corrected chi connectivity index (χ4v) is 1.42. The van der Waals surface area contributed by atoms with Crippen LogP contribution in [0.4, 0.5) is 0 Å². The highest BCUT2D eigenvalue weighted by Crippen LogP contribution is 2.30. The zero-order valence-corrected chi connectivity index (χ0v) is 7.46. The summed E-state index contributed by atoms with van der Waals surface area (Å²) in [7, 11) is 1.52. The SMILES string of the molecule is COc1c(C)ncc2c1C(=O)OC2. The Morgan fingerprint density at radius 3 is 3.08 bits per heavy atom. The summed E-state index contributed by atoms with van der Waals surface area (Å²) in [6.45, 7) is 2.10. The maximum atomic E-state index is 11.3. The zero-order valence-electron chi connectivity index (χ0n) is 7.46. The Bertz CT molecular complexity index is 373.